The van der Waals surface area contributed by atoms with Crippen LogP contribution in [0.5, 0.6) is 0 Å². The molecule has 0 aliphatic rings. The largest absolute Gasteiger partial charge is 0.362 e. The predicted octanol–water partition coefficient (Wildman–Crippen LogP) is 4.01. The summed E-state index contributed by atoms with van der Waals surface area (Å²) >= 11 is 3.12. The topological polar surface area (TPSA) is 24.9 Å². The zero-order valence-electron chi connectivity index (χ0n) is 9.44. The number of nitrogens with zero attached hydrogens (tertiary/aromatic N) is 1. The number of hydrogen-bond donors (Lipinski definition) is 1. The van der Waals surface area contributed by atoms with E-state index in [0.29, 0.717) is 4.90 Å². The van der Waals surface area contributed by atoms with Gasteiger partial charge in [0, 0.05) is 28.3 Å². The fourth-order valence-corrected chi connectivity index (χ4v) is 3.16. The fourth-order valence-electron chi connectivity index (χ4n) is 1.32. The molecular weight excluding hydrogens is 255 g/mol. The maximum Gasteiger partial charge on any atom is 0.182 e. The van der Waals surface area contributed by atoms with Crippen molar-refractivity contribution in [3.05, 3.63) is 41.2 Å². The van der Waals surface area contributed by atoms with E-state index >= 15 is 0 Å². The first kappa shape index (κ1) is 12.4. The summed E-state index contributed by atoms with van der Waals surface area (Å²) in [6.45, 7) is 2.91. The average Bonchev–Trinajstić information content (AvgIpc) is 2.76. The van der Waals surface area contributed by atoms with E-state index in [4.69, 9.17) is 0 Å². The maximum atomic E-state index is 13.4. The minimum absolute atomic E-state index is 0.158. The molecule has 1 aromatic heterocycles. The smallest absolute Gasteiger partial charge is 0.182 e. The number of hydrogen-bond acceptors (Lipinski definition) is 4. The molecule has 1 N–H and O–H groups in total. The van der Waals surface area contributed by atoms with E-state index in [0.717, 1.165) is 22.3 Å². The summed E-state index contributed by atoms with van der Waals surface area (Å²) in [7, 11) is 0. The zero-order valence-corrected chi connectivity index (χ0v) is 11.1. The Kier molecular flexibility index (Phi) is 4.39. The van der Waals surface area contributed by atoms with Crippen molar-refractivity contribution in [1.29, 1.82) is 0 Å². The second-order valence-electron chi connectivity index (χ2n) is 3.38. The highest BCUT2D eigenvalue weighted by Gasteiger charge is 2.04. The van der Waals surface area contributed by atoms with Crippen molar-refractivity contribution in [2.45, 2.75) is 17.6 Å². The molecule has 0 saturated carbocycles. The van der Waals surface area contributed by atoms with Gasteiger partial charge >= 0.3 is 0 Å². The zero-order chi connectivity index (χ0) is 12.1. The van der Waals surface area contributed by atoms with Crippen LogP contribution < -0.4 is 5.32 Å². The van der Waals surface area contributed by atoms with Crippen LogP contribution in [0.1, 0.15) is 11.8 Å². The minimum atomic E-state index is -0.158. The third-order valence-corrected chi connectivity index (χ3v) is 4.32. The summed E-state index contributed by atoms with van der Waals surface area (Å²) in [5.74, 6) is 0.596. The molecule has 5 heteroatoms. The van der Waals surface area contributed by atoms with Crippen LogP contribution in [0.4, 0.5) is 9.52 Å². The first-order valence-corrected chi connectivity index (χ1v) is 7.15. The molecule has 0 radical (unpaired) electrons. The van der Waals surface area contributed by atoms with E-state index in [1.54, 1.807) is 23.5 Å². The Labute approximate surface area is 108 Å². The van der Waals surface area contributed by atoms with Crippen LogP contribution in [0.2, 0.25) is 0 Å². The molecule has 0 saturated heterocycles. The minimum Gasteiger partial charge on any atom is -0.362 e. The van der Waals surface area contributed by atoms with Crippen molar-refractivity contribution >= 4 is 28.2 Å². The lowest BCUT2D eigenvalue weighted by molar-refractivity contribution is 0.602. The van der Waals surface area contributed by atoms with Crippen LogP contribution in [-0.4, -0.2) is 11.5 Å². The van der Waals surface area contributed by atoms with E-state index in [1.165, 1.54) is 17.8 Å². The number of aromatic nitrogens is 1. The van der Waals surface area contributed by atoms with Crippen LogP contribution in [0.15, 0.2) is 35.4 Å². The van der Waals surface area contributed by atoms with Crippen LogP contribution in [0, 0.1) is 5.82 Å². The molecule has 0 amide bonds. The Morgan fingerprint density at radius 2 is 2.24 bits per heavy atom. The first-order valence-electron chi connectivity index (χ1n) is 5.35. The molecule has 0 spiro atoms. The van der Waals surface area contributed by atoms with Gasteiger partial charge in [-0.1, -0.05) is 12.1 Å². The van der Waals surface area contributed by atoms with Crippen molar-refractivity contribution < 1.29 is 4.39 Å². The SMILES string of the molecule is CCNc1ncc(CSc2ccccc2F)s1. The van der Waals surface area contributed by atoms with Crippen LogP contribution in [-0.2, 0) is 5.75 Å². The number of thiazole rings is 1. The highest BCUT2D eigenvalue weighted by atomic mass is 32.2. The number of benzene rings is 1. The number of rotatable bonds is 5. The monoisotopic (exact) mass is 268 g/mol. The second kappa shape index (κ2) is 6.02. The van der Waals surface area contributed by atoms with Gasteiger partial charge in [0.25, 0.3) is 0 Å². The summed E-state index contributed by atoms with van der Waals surface area (Å²) < 4.78 is 13.4. The lowest BCUT2D eigenvalue weighted by Gasteiger charge is -2.00. The van der Waals surface area contributed by atoms with Crippen molar-refractivity contribution in [2.24, 2.45) is 0 Å². The fraction of sp³-hybridized carbons (Fsp3) is 0.250. The van der Waals surface area contributed by atoms with Gasteiger partial charge in [-0.3, -0.25) is 0 Å². The molecule has 0 aliphatic carbocycles. The van der Waals surface area contributed by atoms with Gasteiger partial charge < -0.3 is 5.32 Å². The van der Waals surface area contributed by atoms with Crippen LogP contribution in [0.3, 0.4) is 0 Å². The van der Waals surface area contributed by atoms with Gasteiger partial charge in [-0.2, -0.15) is 0 Å². The van der Waals surface area contributed by atoms with E-state index in [-0.39, 0.29) is 5.82 Å². The lowest BCUT2D eigenvalue weighted by Crippen LogP contribution is -1.94. The van der Waals surface area contributed by atoms with Gasteiger partial charge in [-0.15, -0.1) is 23.1 Å². The molecule has 17 heavy (non-hydrogen) atoms. The van der Waals surface area contributed by atoms with E-state index in [1.807, 2.05) is 19.2 Å². The number of nitrogens with one attached hydrogen (secondary N) is 1. The van der Waals surface area contributed by atoms with Crippen molar-refractivity contribution in [3.63, 3.8) is 0 Å². The van der Waals surface area contributed by atoms with Crippen molar-refractivity contribution in [3.8, 4) is 0 Å². The number of thioether (sulfide) groups is 1. The molecule has 2 aromatic rings. The quantitative estimate of drug-likeness (QED) is 0.829. The Hall–Kier alpha value is -1.07. The van der Waals surface area contributed by atoms with Gasteiger partial charge in [-0.05, 0) is 19.1 Å². The Bertz CT molecular complexity index is 485. The highest BCUT2D eigenvalue weighted by molar-refractivity contribution is 7.98. The number of anilines is 1. The van der Waals surface area contributed by atoms with Crippen molar-refractivity contribution in [1.82, 2.24) is 4.98 Å². The van der Waals surface area contributed by atoms with Gasteiger partial charge in [0.05, 0.1) is 0 Å². The summed E-state index contributed by atoms with van der Waals surface area (Å²) in [4.78, 5) is 6.07. The number of halogens is 1. The third kappa shape index (κ3) is 3.44. The van der Waals surface area contributed by atoms with E-state index in [9.17, 15) is 4.39 Å². The molecule has 1 aromatic carbocycles. The summed E-state index contributed by atoms with van der Waals surface area (Å²) in [5, 5.41) is 4.09. The summed E-state index contributed by atoms with van der Waals surface area (Å²) in [5.41, 5.74) is 0. The average molecular weight is 268 g/mol. The van der Waals surface area contributed by atoms with Gasteiger partial charge in [0.15, 0.2) is 5.13 Å². The van der Waals surface area contributed by atoms with Crippen LogP contribution >= 0.6 is 23.1 Å². The molecule has 0 bridgehead atoms. The molecule has 0 atom stereocenters. The lowest BCUT2D eigenvalue weighted by atomic mass is 10.3. The Balaban J connectivity index is 1.95. The predicted molar refractivity (Wildman–Crippen MR) is 72.2 cm³/mol. The van der Waals surface area contributed by atoms with E-state index < -0.39 is 0 Å². The molecule has 90 valence electrons. The summed E-state index contributed by atoms with van der Waals surface area (Å²) in [6.07, 6.45) is 1.84. The Morgan fingerprint density at radius 3 is 3.00 bits per heavy atom. The first-order chi connectivity index (χ1) is 8.29. The normalized spacial score (nSPS) is 10.5. The molecule has 0 unspecified atom stereocenters. The van der Waals surface area contributed by atoms with Crippen molar-refractivity contribution in [2.75, 3.05) is 11.9 Å². The summed E-state index contributed by atoms with van der Waals surface area (Å²) in [6, 6.07) is 6.84. The highest BCUT2D eigenvalue weighted by Crippen LogP contribution is 2.28. The van der Waals surface area contributed by atoms with Gasteiger partial charge in [0.1, 0.15) is 5.82 Å². The third-order valence-electron chi connectivity index (χ3n) is 2.09. The second-order valence-corrected chi connectivity index (χ2v) is 5.51. The standard InChI is InChI=1S/C12H13FN2S2/c1-2-14-12-15-7-9(17-12)8-16-11-6-4-3-5-10(11)13/h3-7H,2,8H2,1H3,(H,14,15). The molecule has 0 aliphatic heterocycles. The van der Waals surface area contributed by atoms with Gasteiger partial charge in [0.2, 0.25) is 0 Å². The molecule has 1 heterocycles. The molecular formula is C12H13FN2S2. The van der Waals surface area contributed by atoms with E-state index in [2.05, 4.69) is 10.3 Å². The molecule has 2 rings (SSSR count). The van der Waals surface area contributed by atoms with Crippen LogP contribution in [0.25, 0.3) is 0 Å². The maximum absolute atomic E-state index is 13.4. The molecule has 2 nitrogen and oxygen atoms in total. The van der Waals surface area contributed by atoms with Gasteiger partial charge in [-0.25, -0.2) is 9.37 Å². The Morgan fingerprint density at radius 1 is 1.41 bits per heavy atom. The molecule has 0 fully saturated rings.